The lowest BCUT2D eigenvalue weighted by molar-refractivity contribution is 0.783. The Morgan fingerprint density at radius 3 is 2.67 bits per heavy atom. The smallest absolute Gasteiger partial charge is 0.177 e. The van der Waals surface area contributed by atoms with Crippen molar-refractivity contribution in [3.63, 3.8) is 0 Å². The summed E-state index contributed by atoms with van der Waals surface area (Å²) in [5.41, 5.74) is 8.46. The lowest BCUT2D eigenvalue weighted by Gasteiger charge is -2.01. The van der Waals surface area contributed by atoms with Crippen molar-refractivity contribution in [2.24, 2.45) is 0 Å². The molecule has 90 valence electrons. The standard InChI is InChI=1S/C13H13N5/c14-11-6-3-10(4-7-11)5-8-13-17-16-12-2-1-9-15-18(12)13/h1-4,6-7,9H,5,8,14H2. The van der Waals surface area contributed by atoms with Gasteiger partial charge < -0.3 is 5.73 Å². The molecule has 0 amide bonds. The summed E-state index contributed by atoms with van der Waals surface area (Å²) in [7, 11) is 0. The molecule has 0 unspecified atom stereocenters. The second-order valence-electron chi connectivity index (χ2n) is 4.15. The molecule has 0 fully saturated rings. The van der Waals surface area contributed by atoms with E-state index in [-0.39, 0.29) is 0 Å². The van der Waals surface area contributed by atoms with Crippen molar-refractivity contribution < 1.29 is 0 Å². The average molecular weight is 239 g/mol. The Labute approximate surface area is 104 Å². The third kappa shape index (κ3) is 2.02. The highest BCUT2D eigenvalue weighted by Gasteiger charge is 2.05. The molecule has 1 aromatic carbocycles. The number of aromatic nitrogens is 4. The molecule has 18 heavy (non-hydrogen) atoms. The average Bonchev–Trinajstić information content (AvgIpc) is 2.82. The van der Waals surface area contributed by atoms with Gasteiger partial charge in [0.2, 0.25) is 0 Å². The Hall–Kier alpha value is -2.43. The molecule has 3 aromatic rings. The van der Waals surface area contributed by atoms with Gasteiger partial charge in [-0.05, 0) is 36.2 Å². The van der Waals surface area contributed by atoms with E-state index >= 15 is 0 Å². The highest BCUT2D eigenvalue weighted by Crippen LogP contribution is 2.09. The number of nitrogens with two attached hydrogens (primary N) is 1. The van der Waals surface area contributed by atoms with Crippen molar-refractivity contribution in [1.82, 2.24) is 19.8 Å². The van der Waals surface area contributed by atoms with Gasteiger partial charge in [-0.2, -0.15) is 9.61 Å². The predicted molar refractivity (Wildman–Crippen MR) is 69.0 cm³/mol. The molecule has 2 heterocycles. The van der Waals surface area contributed by atoms with E-state index in [0.29, 0.717) is 0 Å². The van der Waals surface area contributed by atoms with E-state index in [9.17, 15) is 0 Å². The monoisotopic (exact) mass is 239 g/mol. The van der Waals surface area contributed by atoms with Crippen LogP contribution in [-0.4, -0.2) is 19.8 Å². The van der Waals surface area contributed by atoms with Crippen LogP contribution in [0.4, 0.5) is 5.69 Å². The van der Waals surface area contributed by atoms with Crippen LogP contribution in [0.1, 0.15) is 11.4 Å². The fourth-order valence-electron chi connectivity index (χ4n) is 1.89. The molecule has 0 atom stereocenters. The fourth-order valence-corrected chi connectivity index (χ4v) is 1.89. The molecule has 2 N–H and O–H groups in total. The first-order valence-corrected chi connectivity index (χ1v) is 5.83. The molecular formula is C13H13N5. The molecule has 2 aromatic heterocycles. The largest absolute Gasteiger partial charge is 0.399 e. The van der Waals surface area contributed by atoms with E-state index < -0.39 is 0 Å². The molecule has 0 bridgehead atoms. The van der Waals surface area contributed by atoms with E-state index in [2.05, 4.69) is 15.3 Å². The number of nitrogen functional groups attached to an aromatic ring is 1. The van der Waals surface area contributed by atoms with Crippen molar-refractivity contribution in [2.45, 2.75) is 12.8 Å². The SMILES string of the molecule is Nc1ccc(CCc2nnc3cccnn23)cc1. The molecule has 0 saturated heterocycles. The molecule has 0 saturated carbocycles. The first-order valence-electron chi connectivity index (χ1n) is 5.83. The first kappa shape index (κ1) is 10.7. The Balaban J connectivity index is 1.79. The summed E-state index contributed by atoms with van der Waals surface area (Å²) in [5, 5.41) is 12.5. The van der Waals surface area contributed by atoms with E-state index in [0.717, 1.165) is 30.0 Å². The topological polar surface area (TPSA) is 69.1 Å². The number of anilines is 1. The van der Waals surface area contributed by atoms with Crippen LogP contribution in [0, 0.1) is 0 Å². The summed E-state index contributed by atoms with van der Waals surface area (Å²) in [5.74, 6) is 0.877. The summed E-state index contributed by atoms with van der Waals surface area (Å²) in [6.07, 6.45) is 3.45. The molecule has 0 aliphatic rings. The van der Waals surface area contributed by atoms with Crippen molar-refractivity contribution in [2.75, 3.05) is 5.73 Å². The van der Waals surface area contributed by atoms with Crippen LogP contribution in [0.25, 0.3) is 5.65 Å². The molecule has 5 nitrogen and oxygen atoms in total. The van der Waals surface area contributed by atoms with E-state index in [1.807, 2.05) is 36.4 Å². The molecular weight excluding hydrogens is 226 g/mol. The summed E-state index contributed by atoms with van der Waals surface area (Å²) in [6, 6.07) is 11.6. The van der Waals surface area contributed by atoms with Crippen molar-refractivity contribution in [3.05, 3.63) is 54.0 Å². The van der Waals surface area contributed by atoms with Gasteiger partial charge in [-0.3, -0.25) is 0 Å². The number of aryl methyl sites for hydroxylation is 2. The summed E-state index contributed by atoms with van der Waals surface area (Å²) in [6.45, 7) is 0. The first-order chi connectivity index (χ1) is 8.83. The highest BCUT2D eigenvalue weighted by atomic mass is 15.4. The number of benzene rings is 1. The van der Waals surface area contributed by atoms with Crippen LogP contribution in [0.3, 0.4) is 0 Å². The molecule has 3 rings (SSSR count). The summed E-state index contributed by atoms with van der Waals surface area (Å²) < 4.78 is 1.78. The van der Waals surface area contributed by atoms with E-state index in [4.69, 9.17) is 5.73 Å². The quantitative estimate of drug-likeness (QED) is 0.703. The van der Waals surface area contributed by atoms with Gasteiger partial charge in [0.05, 0.1) is 0 Å². The van der Waals surface area contributed by atoms with Gasteiger partial charge in [0, 0.05) is 18.3 Å². The van der Waals surface area contributed by atoms with Crippen molar-refractivity contribution in [3.8, 4) is 0 Å². The van der Waals surface area contributed by atoms with Crippen LogP contribution >= 0.6 is 0 Å². The lowest BCUT2D eigenvalue weighted by atomic mass is 10.1. The Bertz CT molecular complexity index is 656. The molecule has 0 radical (unpaired) electrons. The van der Waals surface area contributed by atoms with E-state index in [1.54, 1.807) is 10.7 Å². The maximum atomic E-state index is 5.66. The van der Waals surface area contributed by atoms with Crippen LogP contribution < -0.4 is 5.73 Å². The third-order valence-corrected chi connectivity index (χ3v) is 2.86. The second kappa shape index (κ2) is 4.44. The summed E-state index contributed by atoms with van der Waals surface area (Å²) >= 11 is 0. The number of hydrogen-bond acceptors (Lipinski definition) is 4. The highest BCUT2D eigenvalue weighted by molar-refractivity contribution is 5.39. The minimum Gasteiger partial charge on any atom is -0.399 e. The third-order valence-electron chi connectivity index (χ3n) is 2.86. The number of hydrogen-bond donors (Lipinski definition) is 1. The molecule has 0 aliphatic heterocycles. The van der Waals surface area contributed by atoms with Crippen LogP contribution in [-0.2, 0) is 12.8 Å². The van der Waals surface area contributed by atoms with Gasteiger partial charge in [0.25, 0.3) is 0 Å². The zero-order valence-corrected chi connectivity index (χ0v) is 9.82. The normalized spacial score (nSPS) is 10.9. The number of nitrogens with zero attached hydrogens (tertiary/aromatic N) is 4. The van der Waals surface area contributed by atoms with Gasteiger partial charge in [-0.25, -0.2) is 0 Å². The Kier molecular flexibility index (Phi) is 2.64. The van der Waals surface area contributed by atoms with Crippen molar-refractivity contribution in [1.29, 1.82) is 0 Å². The van der Waals surface area contributed by atoms with Gasteiger partial charge in [-0.15, -0.1) is 10.2 Å². The van der Waals surface area contributed by atoms with Gasteiger partial charge in [-0.1, -0.05) is 12.1 Å². The van der Waals surface area contributed by atoms with Crippen LogP contribution in [0.2, 0.25) is 0 Å². The van der Waals surface area contributed by atoms with Crippen LogP contribution in [0.5, 0.6) is 0 Å². The van der Waals surface area contributed by atoms with Gasteiger partial charge in [0.15, 0.2) is 11.5 Å². The molecule has 0 spiro atoms. The maximum Gasteiger partial charge on any atom is 0.177 e. The minimum absolute atomic E-state index is 0.782. The number of rotatable bonds is 3. The van der Waals surface area contributed by atoms with Crippen LogP contribution in [0.15, 0.2) is 42.6 Å². The maximum absolute atomic E-state index is 5.66. The van der Waals surface area contributed by atoms with Crippen molar-refractivity contribution >= 4 is 11.3 Å². The Morgan fingerprint density at radius 2 is 1.83 bits per heavy atom. The number of fused-ring (bicyclic) bond motifs is 1. The summed E-state index contributed by atoms with van der Waals surface area (Å²) in [4.78, 5) is 0. The zero-order chi connectivity index (χ0) is 12.4. The molecule has 0 aliphatic carbocycles. The lowest BCUT2D eigenvalue weighted by Crippen LogP contribution is -2.00. The fraction of sp³-hybridized carbons (Fsp3) is 0.154. The predicted octanol–water partition coefficient (Wildman–Crippen LogP) is 1.49. The van der Waals surface area contributed by atoms with Gasteiger partial charge in [0.1, 0.15) is 0 Å². The molecule has 5 heteroatoms. The Morgan fingerprint density at radius 1 is 1.00 bits per heavy atom. The zero-order valence-electron chi connectivity index (χ0n) is 9.82. The van der Waals surface area contributed by atoms with E-state index in [1.165, 1.54) is 5.56 Å². The second-order valence-corrected chi connectivity index (χ2v) is 4.15. The van der Waals surface area contributed by atoms with Gasteiger partial charge >= 0.3 is 0 Å². The minimum atomic E-state index is 0.782.